The van der Waals surface area contributed by atoms with Crippen molar-refractivity contribution in [2.24, 2.45) is 5.92 Å². The molecule has 0 saturated carbocycles. The Morgan fingerprint density at radius 2 is 1.90 bits per heavy atom. The average Bonchev–Trinajstić information content (AvgIpc) is 2.99. The van der Waals surface area contributed by atoms with Crippen LogP contribution in [0.25, 0.3) is 0 Å². The van der Waals surface area contributed by atoms with E-state index in [9.17, 15) is 12.8 Å². The molecule has 0 aliphatic carbocycles. The minimum atomic E-state index is -3.52. The van der Waals surface area contributed by atoms with Crippen LogP contribution in [0.15, 0.2) is 29.2 Å². The smallest absolute Gasteiger partial charge is 0.243 e. The summed E-state index contributed by atoms with van der Waals surface area (Å²) >= 11 is 0. The summed E-state index contributed by atoms with van der Waals surface area (Å²) in [5.74, 6) is -0.0279. The Labute approximate surface area is 125 Å². The third-order valence-electron chi connectivity index (χ3n) is 4.55. The highest BCUT2D eigenvalue weighted by atomic mass is 32.2. The third kappa shape index (κ3) is 2.98. The molecular weight excluding hydrogens is 291 g/mol. The van der Waals surface area contributed by atoms with Crippen molar-refractivity contribution in [2.75, 3.05) is 19.6 Å². The van der Waals surface area contributed by atoms with Gasteiger partial charge in [0.25, 0.3) is 0 Å². The first-order valence-corrected chi connectivity index (χ1v) is 9.01. The number of hydrogen-bond donors (Lipinski definition) is 1. The largest absolute Gasteiger partial charge is 0.316 e. The Hall–Kier alpha value is -0.980. The normalized spacial score (nSPS) is 27.9. The van der Waals surface area contributed by atoms with E-state index in [4.69, 9.17) is 0 Å². The molecule has 2 unspecified atom stereocenters. The van der Waals surface area contributed by atoms with Crippen molar-refractivity contribution < 1.29 is 12.8 Å². The fourth-order valence-electron chi connectivity index (χ4n) is 3.48. The maximum absolute atomic E-state index is 13.0. The number of nitrogens with zero attached hydrogens (tertiary/aromatic N) is 1. The van der Waals surface area contributed by atoms with Crippen LogP contribution in [0.5, 0.6) is 0 Å². The minimum absolute atomic E-state index is 0.0767. The van der Waals surface area contributed by atoms with E-state index in [1.807, 2.05) is 0 Å². The Balaban J connectivity index is 1.84. The van der Waals surface area contributed by atoms with Crippen LogP contribution in [0.1, 0.15) is 25.7 Å². The molecule has 2 heterocycles. The molecule has 1 N–H and O–H groups in total. The van der Waals surface area contributed by atoms with Gasteiger partial charge in [0.05, 0.1) is 4.90 Å². The van der Waals surface area contributed by atoms with E-state index in [-0.39, 0.29) is 10.9 Å². The standard InChI is InChI=1S/C15H21FN2O2S/c16-13-5-7-14(8-6-13)21(19,20)18-10-2-4-15(18)12-3-1-9-17-11-12/h5-8,12,15,17H,1-4,9-11H2. The first kappa shape index (κ1) is 14.9. The molecule has 2 atom stereocenters. The first-order valence-electron chi connectivity index (χ1n) is 7.57. The molecule has 2 saturated heterocycles. The Morgan fingerprint density at radius 3 is 2.57 bits per heavy atom. The third-order valence-corrected chi connectivity index (χ3v) is 6.49. The van der Waals surface area contributed by atoms with E-state index in [0.717, 1.165) is 38.8 Å². The van der Waals surface area contributed by atoms with E-state index in [1.54, 1.807) is 4.31 Å². The van der Waals surface area contributed by atoms with Gasteiger partial charge < -0.3 is 5.32 Å². The fraction of sp³-hybridized carbons (Fsp3) is 0.600. The van der Waals surface area contributed by atoms with E-state index >= 15 is 0 Å². The van der Waals surface area contributed by atoms with Gasteiger partial charge in [-0.05, 0) is 69.0 Å². The topological polar surface area (TPSA) is 49.4 Å². The lowest BCUT2D eigenvalue weighted by Gasteiger charge is -2.33. The van der Waals surface area contributed by atoms with Crippen LogP contribution in [-0.2, 0) is 10.0 Å². The minimum Gasteiger partial charge on any atom is -0.316 e. The Morgan fingerprint density at radius 1 is 1.14 bits per heavy atom. The second-order valence-corrected chi connectivity index (χ2v) is 7.78. The number of halogens is 1. The van der Waals surface area contributed by atoms with E-state index in [1.165, 1.54) is 24.3 Å². The SMILES string of the molecule is O=S(=O)(c1ccc(F)cc1)N1CCCC1C1CCCNC1. The molecule has 3 rings (SSSR count). The summed E-state index contributed by atoms with van der Waals surface area (Å²) in [5.41, 5.74) is 0. The molecule has 0 radical (unpaired) electrons. The lowest BCUT2D eigenvalue weighted by Crippen LogP contribution is -2.45. The molecule has 0 bridgehead atoms. The lowest BCUT2D eigenvalue weighted by molar-refractivity contribution is 0.239. The lowest BCUT2D eigenvalue weighted by atomic mass is 9.91. The quantitative estimate of drug-likeness (QED) is 0.928. The van der Waals surface area contributed by atoms with Crippen molar-refractivity contribution in [3.63, 3.8) is 0 Å². The summed E-state index contributed by atoms with van der Waals surface area (Å²) < 4.78 is 40.2. The summed E-state index contributed by atoms with van der Waals surface area (Å²) in [4.78, 5) is 0.194. The molecule has 0 spiro atoms. The van der Waals surface area contributed by atoms with Gasteiger partial charge in [0.15, 0.2) is 0 Å². The van der Waals surface area contributed by atoms with Crippen LogP contribution in [0.4, 0.5) is 4.39 Å². The maximum Gasteiger partial charge on any atom is 0.243 e. The summed E-state index contributed by atoms with van der Waals surface area (Å²) in [6.45, 7) is 2.48. The maximum atomic E-state index is 13.0. The van der Waals surface area contributed by atoms with Gasteiger partial charge in [0.2, 0.25) is 10.0 Å². The van der Waals surface area contributed by atoms with Gasteiger partial charge in [-0.1, -0.05) is 0 Å². The summed E-state index contributed by atoms with van der Waals surface area (Å²) in [6, 6.07) is 5.21. The van der Waals surface area contributed by atoms with Crippen LogP contribution in [0.2, 0.25) is 0 Å². The van der Waals surface area contributed by atoms with E-state index in [2.05, 4.69) is 5.32 Å². The highest BCUT2D eigenvalue weighted by Crippen LogP contribution is 2.32. The molecular formula is C15H21FN2O2S. The zero-order valence-electron chi connectivity index (χ0n) is 12.0. The number of hydrogen-bond acceptors (Lipinski definition) is 3. The van der Waals surface area contributed by atoms with Crippen molar-refractivity contribution in [1.29, 1.82) is 0 Å². The van der Waals surface area contributed by atoms with Gasteiger partial charge in [-0.2, -0.15) is 4.31 Å². The molecule has 116 valence electrons. The van der Waals surface area contributed by atoms with E-state index in [0.29, 0.717) is 12.5 Å². The number of piperidine rings is 1. The van der Waals surface area contributed by atoms with Gasteiger partial charge in [-0.25, -0.2) is 12.8 Å². The molecule has 6 heteroatoms. The van der Waals surface area contributed by atoms with Gasteiger partial charge >= 0.3 is 0 Å². The van der Waals surface area contributed by atoms with Crippen molar-refractivity contribution in [2.45, 2.75) is 36.6 Å². The van der Waals surface area contributed by atoms with Crippen LogP contribution in [-0.4, -0.2) is 38.4 Å². The molecule has 2 fully saturated rings. The zero-order valence-corrected chi connectivity index (χ0v) is 12.8. The number of rotatable bonds is 3. The van der Waals surface area contributed by atoms with Crippen LogP contribution < -0.4 is 5.32 Å². The van der Waals surface area contributed by atoms with Crippen LogP contribution in [0.3, 0.4) is 0 Å². The molecule has 0 amide bonds. The highest BCUT2D eigenvalue weighted by molar-refractivity contribution is 7.89. The second kappa shape index (κ2) is 6.02. The van der Waals surface area contributed by atoms with Crippen molar-refractivity contribution in [3.8, 4) is 0 Å². The van der Waals surface area contributed by atoms with Crippen LogP contribution >= 0.6 is 0 Å². The zero-order chi connectivity index (χ0) is 14.9. The van der Waals surface area contributed by atoms with E-state index < -0.39 is 15.8 Å². The highest BCUT2D eigenvalue weighted by Gasteiger charge is 2.39. The van der Waals surface area contributed by atoms with Crippen molar-refractivity contribution in [1.82, 2.24) is 9.62 Å². The monoisotopic (exact) mass is 312 g/mol. The number of nitrogens with one attached hydrogen (secondary N) is 1. The molecule has 1 aromatic carbocycles. The predicted octanol–water partition coefficient (Wildman–Crippen LogP) is 1.98. The van der Waals surface area contributed by atoms with Gasteiger partial charge in [0.1, 0.15) is 5.82 Å². The molecule has 4 nitrogen and oxygen atoms in total. The van der Waals surface area contributed by atoms with Gasteiger partial charge in [-0.3, -0.25) is 0 Å². The molecule has 0 aromatic heterocycles. The van der Waals surface area contributed by atoms with Crippen molar-refractivity contribution >= 4 is 10.0 Å². The Kier molecular flexibility index (Phi) is 4.28. The van der Waals surface area contributed by atoms with Gasteiger partial charge in [-0.15, -0.1) is 0 Å². The average molecular weight is 312 g/mol. The number of sulfonamides is 1. The van der Waals surface area contributed by atoms with Crippen LogP contribution in [0, 0.1) is 11.7 Å². The fourth-order valence-corrected chi connectivity index (χ4v) is 5.24. The molecule has 21 heavy (non-hydrogen) atoms. The first-order chi connectivity index (χ1) is 10.1. The molecule has 1 aromatic rings. The summed E-state index contributed by atoms with van der Waals surface area (Å²) in [5, 5.41) is 3.36. The van der Waals surface area contributed by atoms with Gasteiger partial charge in [0, 0.05) is 12.6 Å². The number of benzene rings is 1. The Bertz CT molecular complexity index is 582. The second-order valence-electron chi connectivity index (χ2n) is 5.89. The summed E-state index contributed by atoms with van der Waals surface area (Å²) in [6.07, 6.45) is 4.01. The molecule has 2 aliphatic rings. The molecule has 2 aliphatic heterocycles. The predicted molar refractivity (Wildman–Crippen MR) is 78.9 cm³/mol. The van der Waals surface area contributed by atoms with Crippen molar-refractivity contribution in [3.05, 3.63) is 30.1 Å². The summed E-state index contributed by atoms with van der Waals surface area (Å²) in [7, 11) is -3.52.